The highest BCUT2D eigenvalue weighted by atomic mass is 16.6. The number of anilines is 2. The van der Waals surface area contributed by atoms with Crippen LogP contribution in [0.15, 0.2) is 72.0 Å². The van der Waals surface area contributed by atoms with Crippen LogP contribution in [0.2, 0.25) is 0 Å². The Hall–Kier alpha value is -4.84. The van der Waals surface area contributed by atoms with Crippen molar-refractivity contribution in [2.75, 3.05) is 25.6 Å². The second kappa shape index (κ2) is 11.9. The molecule has 0 saturated carbocycles. The molecule has 1 atom stereocenters. The Morgan fingerprint density at radius 3 is 2.29 bits per heavy atom. The number of aliphatic hydroxyl groups is 1. The molecule has 0 aliphatic rings. The van der Waals surface area contributed by atoms with Crippen LogP contribution >= 0.6 is 0 Å². The van der Waals surface area contributed by atoms with Crippen molar-refractivity contribution in [1.82, 2.24) is 29.7 Å². The number of benzene rings is 2. The van der Waals surface area contributed by atoms with E-state index >= 15 is 0 Å². The molecule has 0 aliphatic carbocycles. The van der Waals surface area contributed by atoms with Crippen LogP contribution < -0.4 is 15.0 Å². The van der Waals surface area contributed by atoms with Gasteiger partial charge in [0.25, 0.3) is 0 Å². The highest BCUT2D eigenvalue weighted by Gasteiger charge is 2.23. The van der Waals surface area contributed by atoms with Gasteiger partial charge in [-0.15, -0.1) is 0 Å². The third kappa shape index (κ3) is 6.28. The van der Waals surface area contributed by atoms with Crippen molar-refractivity contribution in [2.45, 2.75) is 19.5 Å². The number of hydrogen-bond acceptors (Lipinski definition) is 8. The van der Waals surface area contributed by atoms with E-state index in [0.717, 1.165) is 0 Å². The minimum Gasteiger partial charge on any atom is -0.394 e. The molecule has 4 aromatic rings. The molecule has 2 heterocycles. The van der Waals surface area contributed by atoms with Crippen LogP contribution in [-0.4, -0.2) is 74.6 Å². The fraction of sp³-hybridized carbons (Fsp3) is 0.231. The van der Waals surface area contributed by atoms with Gasteiger partial charge in [-0.3, -0.25) is 4.79 Å². The maximum absolute atomic E-state index is 13.4. The van der Waals surface area contributed by atoms with E-state index in [1.165, 1.54) is 22.1 Å². The lowest BCUT2D eigenvalue weighted by molar-refractivity contribution is -0.122. The minimum atomic E-state index is -0.732. The number of rotatable bonds is 9. The van der Waals surface area contributed by atoms with E-state index in [1.807, 2.05) is 36.4 Å². The Labute approximate surface area is 219 Å². The molecular formula is C26H28N8O4. The predicted octanol–water partition coefficient (Wildman–Crippen LogP) is 2.88. The number of aliphatic hydroxyl groups excluding tert-OH is 1. The normalized spacial score (nSPS) is 11.9. The van der Waals surface area contributed by atoms with Crippen molar-refractivity contribution in [3.8, 4) is 6.01 Å². The minimum absolute atomic E-state index is 0.123. The molecule has 12 heteroatoms. The Morgan fingerprint density at radius 2 is 1.71 bits per heavy atom. The van der Waals surface area contributed by atoms with Crippen molar-refractivity contribution >= 4 is 46.7 Å². The summed E-state index contributed by atoms with van der Waals surface area (Å²) in [6.45, 7) is 1.37. The number of fused-ring (bicyclic) bond motifs is 1. The molecule has 0 saturated heterocycles. The van der Waals surface area contributed by atoms with Gasteiger partial charge in [0.2, 0.25) is 5.91 Å². The number of aliphatic imine (C=N–C) groups is 1. The first-order valence-electron chi connectivity index (χ1n) is 11.8. The summed E-state index contributed by atoms with van der Waals surface area (Å²) in [4.78, 5) is 46.4. The van der Waals surface area contributed by atoms with E-state index in [9.17, 15) is 14.7 Å². The van der Waals surface area contributed by atoms with Gasteiger partial charge in [-0.1, -0.05) is 36.4 Å². The quantitative estimate of drug-likeness (QED) is 0.256. The van der Waals surface area contributed by atoms with E-state index in [0.29, 0.717) is 16.9 Å². The van der Waals surface area contributed by atoms with Crippen LogP contribution in [0.4, 0.5) is 22.0 Å². The van der Waals surface area contributed by atoms with Gasteiger partial charge in [0.05, 0.1) is 30.6 Å². The average molecular weight is 517 g/mol. The molecule has 0 fully saturated rings. The number of aromatic nitrogens is 4. The standard InChI is InChI=1S/C26H28N8O4/c1-18(15-35)29-21(36)14-33-17-27-22-23(28-16-32(2)3)30-25(31-24(22)33)38-26(37)34(19-10-6-4-7-11-19)20-12-8-5-9-13-20/h4-13,16-18,35H,14-15H2,1-3H3,(H,29,36)/b28-16+/t18-/m0/s1. The molecule has 0 aliphatic heterocycles. The van der Waals surface area contributed by atoms with Crippen molar-refractivity contribution in [1.29, 1.82) is 0 Å². The molecule has 0 spiro atoms. The molecule has 0 radical (unpaired) electrons. The second-order valence-corrected chi connectivity index (χ2v) is 8.61. The number of para-hydroxylation sites is 2. The SMILES string of the molecule is C[C@@H](CO)NC(=O)Cn1cnc2c(/N=C/N(C)C)nc(OC(=O)N(c3ccccc3)c3ccccc3)nc21. The number of carbonyl (C=O) groups is 2. The number of carbonyl (C=O) groups excluding carboxylic acids is 2. The van der Waals surface area contributed by atoms with Gasteiger partial charge >= 0.3 is 12.1 Å². The number of imidazole rings is 1. The summed E-state index contributed by atoms with van der Waals surface area (Å²) < 4.78 is 7.15. The van der Waals surface area contributed by atoms with E-state index in [1.54, 1.807) is 50.2 Å². The molecule has 0 unspecified atom stereocenters. The van der Waals surface area contributed by atoms with Gasteiger partial charge in [0.1, 0.15) is 6.54 Å². The predicted molar refractivity (Wildman–Crippen MR) is 143 cm³/mol. The van der Waals surface area contributed by atoms with Crippen LogP contribution in [0.5, 0.6) is 6.01 Å². The monoisotopic (exact) mass is 516 g/mol. The lowest BCUT2D eigenvalue weighted by Gasteiger charge is -2.21. The first-order chi connectivity index (χ1) is 18.4. The number of ether oxygens (including phenoxy) is 1. The first kappa shape index (κ1) is 26.2. The lowest BCUT2D eigenvalue weighted by Crippen LogP contribution is -2.37. The largest absolute Gasteiger partial charge is 0.426 e. The zero-order chi connectivity index (χ0) is 27.1. The molecular weight excluding hydrogens is 488 g/mol. The van der Waals surface area contributed by atoms with E-state index in [-0.39, 0.29) is 36.5 Å². The summed E-state index contributed by atoms with van der Waals surface area (Å²) in [5.74, 6) is -0.180. The third-order valence-electron chi connectivity index (χ3n) is 5.22. The summed E-state index contributed by atoms with van der Waals surface area (Å²) >= 11 is 0. The number of amides is 2. The Bertz CT molecular complexity index is 1380. The molecule has 0 bridgehead atoms. The topological polar surface area (TPSA) is 138 Å². The van der Waals surface area contributed by atoms with Crippen molar-refractivity contribution in [2.24, 2.45) is 4.99 Å². The second-order valence-electron chi connectivity index (χ2n) is 8.61. The van der Waals surface area contributed by atoms with Gasteiger partial charge in [-0.05, 0) is 31.2 Å². The summed E-state index contributed by atoms with van der Waals surface area (Å²) in [7, 11) is 3.59. The number of hydrogen-bond donors (Lipinski definition) is 2. The van der Waals surface area contributed by atoms with Crippen molar-refractivity contribution in [3.63, 3.8) is 0 Å². The number of nitrogens with zero attached hydrogens (tertiary/aromatic N) is 7. The maximum atomic E-state index is 13.4. The van der Waals surface area contributed by atoms with Crippen LogP contribution in [-0.2, 0) is 11.3 Å². The van der Waals surface area contributed by atoms with Crippen LogP contribution in [0.1, 0.15) is 6.92 Å². The molecule has 2 aromatic heterocycles. The third-order valence-corrected chi connectivity index (χ3v) is 5.22. The van der Waals surface area contributed by atoms with Crippen LogP contribution in [0.3, 0.4) is 0 Å². The van der Waals surface area contributed by atoms with Crippen LogP contribution in [0.25, 0.3) is 11.2 Å². The Balaban J connectivity index is 1.71. The fourth-order valence-electron chi connectivity index (χ4n) is 3.49. The Kier molecular flexibility index (Phi) is 8.23. The summed E-state index contributed by atoms with van der Waals surface area (Å²) in [5.41, 5.74) is 1.77. The molecule has 2 amide bonds. The highest BCUT2D eigenvalue weighted by Crippen LogP contribution is 2.28. The maximum Gasteiger partial charge on any atom is 0.426 e. The zero-order valence-electron chi connectivity index (χ0n) is 21.2. The van der Waals surface area contributed by atoms with Gasteiger partial charge < -0.3 is 24.6 Å². The van der Waals surface area contributed by atoms with Gasteiger partial charge in [-0.25, -0.2) is 19.7 Å². The lowest BCUT2D eigenvalue weighted by atomic mass is 10.2. The van der Waals surface area contributed by atoms with Crippen LogP contribution in [0, 0.1) is 0 Å². The van der Waals surface area contributed by atoms with Gasteiger partial charge in [0, 0.05) is 20.1 Å². The van der Waals surface area contributed by atoms with E-state index < -0.39 is 12.1 Å². The Morgan fingerprint density at radius 1 is 1.08 bits per heavy atom. The van der Waals surface area contributed by atoms with Gasteiger partial charge in [-0.2, -0.15) is 9.97 Å². The first-order valence-corrected chi connectivity index (χ1v) is 11.8. The molecule has 12 nitrogen and oxygen atoms in total. The van der Waals surface area contributed by atoms with Gasteiger partial charge in [0.15, 0.2) is 17.0 Å². The summed E-state index contributed by atoms with van der Waals surface area (Å²) in [5, 5.41) is 11.9. The van der Waals surface area contributed by atoms with E-state index in [2.05, 4.69) is 25.3 Å². The molecule has 2 aromatic carbocycles. The molecule has 4 rings (SSSR count). The molecule has 38 heavy (non-hydrogen) atoms. The van der Waals surface area contributed by atoms with E-state index in [4.69, 9.17) is 4.74 Å². The van der Waals surface area contributed by atoms with Crippen molar-refractivity contribution in [3.05, 3.63) is 67.0 Å². The zero-order valence-corrected chi connectivity index (χ0v) is 21.2. The molecule has 2 N–H and O–H groups in total. The summed E-state index contributed by atoms with van der Waals surface area (Å²) in [6.07, 6.45) is 2.23. The van der Waals surface area contributed by atoms with Crippen molar-refractivity contribution < 1.29 is 19.4 Å². The fourth-order valence-corrected chi connectivity index (χ4v) is 3.49. The summed E-state index contributed by atoms with van der Waals surface area (Å²) in [6, 6.07) is 17.4. The smallest absolute Gasteiger partial charge is 0.394 e. The molecule has 196 valence electrons. The number of nitrogens with one attached hydrogen (secondary N) is 1. The highest BCUT2D eigenvalue weighted by molar-refractivity contribution is 5.97. The average Bonchev–Trinajstić information content (AvgIpc) is 3.30.